The molecule has 166 valence electrons. The van der Waals surface area contributed by atoms with Crippen molar-refractivity contribution in [2.75, 3.05) is 14.2 Å². The molecule has 1 heterocycles. The predicted octanol–water partition coefficient (Wildman–Crippen LogP) is 4.88. The molecule has 4 aromatic rings. The van der Waals surface area contributed by atoms with Crippen molar-refractivity contribution >= 4 is 5.91 Å². The van der Waals surface area contributed by atoms with E-state index in [2.05, 4.69) is 15.3 Å². The van der Waals surface area contributed by atoms with Crippen LogP contribution >= 0.6 is 0 Å². The second kappa shape index (κ2) is 10.3. The van der Waals surface area contributed by atoms with Gasteiger partial charge in [0.05, 0.1) is 14.2 Å². The Hall–Kier alpha value is -4.39. The average Bonchev–Trinajstić information content (AvgIpc) is 2.88. The molecule has 0 saturated heterocycles. The number of hydrogen-bond acceptors (Lipinski definition) is 6. The Balaban J connectivity index is 1.45. The van der Waals surface area contributed by atoms with Gasteiger partial charge in [0.2, 0.25) is 5.88 Å². The lowest BCUT2D eigenvalue weighted by Gasteiger charge is -2.09. The molecule has 0 unspecified atom stereocenters. The molecule has 1 N–H and O–H groups in total. The molecule has 33 heavy (non-hydrogen) atoms. The van der Waals surface area contributed by atoms with Gasteiger partial charge in [-0.2, -0.15) is 4.98 Å². The number of nitrogens with zero attached hydrogens (tertiary/aromatic N) is 2. The molecule has 0 spiro atoms. The Kier molecular flexibility index (Phi) is 6.80. The van der Waals surface area contributed by atoms with E-state index < -0.39 is 0 Å². The van der Waals surface area contributed by atoms with Gasteiger partial charge < -0.3 is 19.5 Å². The molecule has 0 saturated carbocycles. The van der Waals surface area contributed by atoms with Gasteiger partial charge in [-0.15, -0.1) is 0 Å². The van der Waals surface area contributed by atoms with Crippen LogP contribution in [0.2, 0.25) is 0 Å². The Labute approximate surface area is 192 Å². The maximum Gasteiger partial charge on any atom is 0.251 e. The largest absolute Gasteiger partial charge is 0.497 e. The summed E-state index contributed by atoms with van der Waals surface area (Å²) in [5, 5.41) is 2.93. The summed E-state index contributed by atoms with van der Waals surface area (Å²) < 4.78 is 16.1. The average molecular weight is 441 g/mol. The summed E-state index contributed by atoms with van der Waals surface area (Å²) >= 11 is 0. The molecule has 4 rings (SSSR count). The summed E-state index contributed by atoms with van der Waals surface area (Å²) in [4.78, 5) is 21.5. The van der Waals surface area contributed by atoms with E-state index in [9.17, 15) is 4.79 Å². The minimum atomic E-state index is -0.182. The number of rotatable bonds is 8. The van der Waals surface area contributed by atoms with Gasteiger partial charge in [-0.1, -0.05) is 24.3 Å². The van der Waals surface area contributed by atoms with Gasteiger partial charge in [0.15, 0.2) is 5.82 Å². The van der Waals surface area contributed by atoms with Crippen molar-refractivity contribution in [2.45, 2.75) is 6.54 Å². The summed E-state index contributed by atoms with van der Waals surface area (Å²) in [6.45, 7) is 0.411. The summed E-state index contributed by atoms with van der Waals surface area (Å²) in [6.07, 6.45) is 1.62. The van der Waals surface area contributed by atoms with Crippen LogP contribution in [0.1, 0.15) is 15.9 Å². The topological polar surface area (TPSA) is 82.6 Å². The van der Waals surface area contributed by atoms with Crippen LogP contribution in [-0.4, -0.2) is 30.1 Å². The number of carbonyl (C=O) groups is 1. The number of amides is 1. The van der Waals surface area contributed by atoms with Crippen LogP contribution in [0.3, 0.4) is 0 Å². The quantitative estimate of drug-likeness (QED) is 0.420. The van der Waals surface area contributed by atoms with Crippen LogP contribution in [0.5, 0.6) is 23.1 Å². The monoisotopic (exact) mass is 441 g/mol. The van der Waals surface area contributed by atoms with Crippen molar-refractivity contribution in [3.05, 3.63) is 96.2 Å². The molecule has 0 atom stereocenters. The molecular weight excluding hydrogens is 418 g/mol. The molecule has 0 radical (unpaired) electrons. The van der Waals surface area contributed by atoms with E-state index in [1.54, 1.807) is 56.8 Å². The van der Waals surface area contributed by atoms with E-state index in [-0.39, 0.29) is 5.91 Å². The highest BCUT2D eigenvalue weighted by Crippen LogP contribution is 2.24. The molecule has 0 aliphatic rings. The Morgan fingerprint density at radius 1 is 0.848 bits per heavy atom. The summed E-state index contributed by atoms with van der Waals surface area (Å²) in [6, 6.07) is 23.6. The standard InChI is InChI=1S/C26H23N3O4/c1-31-21-8-6-18(7-9-21)17-28-26(30)20-5-3-4-19(16-20)25-27-15-14-24(29-25)33-23-12-10-22(32-2)11-13-23/h3-16H,17H2,1-2H3,(H,28,30). The highest BCUT2D eigenvalue weighted by Gasteiger charge is 2.10. The fourth-order valence-corrected chi connectivity index (χ4v) is 3.13. The lowest BCUT2D eigenvalue weighted by atomic mass is 10.1. The minimum Gasteiger partial charge on any atom is -0.497 e. The van der Waals surface area contributed by atoms with Crippen molar-refractivity contribution in [3.63, 3.8) is 0 Å². The predicted molar refractivity (Wildman–Crippen MR) is 125 cm³/mol. The van der Waals surface area contributed by atoms with Crippen LogP contribution in [-0.2, 0) is 6.54 Å². The van der Waals surface area contributed by atoms with E-state index >= 15 is 0 Å². The Morgan fingerprint density at radius 2 is 1.52 bits per heavy atom. The zero-order valence-electron chi connectivity index (χ0n) is 18.3. The SMILES string of the molecule is COc1ccc(CNC(=O)c2cccc(-c3nccc(Oc4ccc(OC)cc4)n3)c2)cc1. The molecular formula is C26H23N3O4. The van der Waals surface area contributed by atoms with E-state index in [4.69, 9.17) is 14.2 Å². The first-order valence-electron chi connectivity index (χ1n) is 10.3. The first-order chi connectivity index (χ1) is 16.1. The highest BCUT2D eigenvalue weighted by atomic mass is 16.5. The van der Waals surface area contributed by atoms with Crippen LogP contribution in [0.4, 0.5) is 0 Å². The van der Waals surface area contributed by atoms with Crippen LogP contribution in [0.25, 0.3) is 11.4 Å². The molecule has 0 aliphatic carbocycles. The van der Waals surface area contributed by atoms with Crippen LogP contribution < -0.4 is 19.5 Å². The van der Waals surface area contributed by atoms with Gasteiger partial charge in [0, 0.05) is 29.9 Å². The molecule has 1 aromatic heterocycles. The second-order valence-corrected chi connectivity index (χ2v) is 7.11. The third-order valence-electron chi connectivity index (χ3n) is 4.91. The van der Waals surface area contributed by atoms with Gasteiger partial charge in [0.25, 0.3) is 5.91 Å². The van der Waals surface area contributed by atoms with Crippen molar-refractivity contribution in [2.24, 2.45) is 0 Å². The molecule has 7 heteroatoms. The third-order valence-corrected chi connectivity index (χ3v) is 4.91. The second-order valence-electron chi connectivity index (χ2n) is 7.11. The number of nitrogens with one attached hydrogen (secondary N) is 1. The lowest BCUT2D eigenvalue weighted by molar-refractivity contribution is 0.0951. The molecule has 0 aliphatic heterocycles. The van der Waals surface area contributed by atoms with Gasteiger partial charge in [-0.25, -0.2) is 4.98 Å². The molecule has 7 nitrogen and oxygen atoms in total. The molecule has 0 bridgehead atoms. The summed E-state index contributed by atoms with van der Waals surface area (Å²) in [5.74, 6) is 2.83. The number of methoxy groups -OCH3 is 2. The third kappa shape index (κ3) is 5.65. The highest BCUT2D eigenvalue weighted by molar-refractivity contribution is 5.95. The van der Waals surface area contributed by atoms with Gasteiger partial charge >= 0.3 is 0 Å². The normalized spacial score (nSPS) is 10.4. The molecule has 3 aromatic carbocycles. The number of ether oxygens (including phenoxy) is 3. The fraction of sp³-hybridized carbons (Fsp3) is 0.115. The Morgan fingerprint density at radius 3 is 2.21 bits per heavy atom. The fourth-order valence-electron chi connectivity index (χ4n) is 3.13. The summed E-state index contributed by atoms with van der Waals surface area (Å²) in [7, 11) is 3.23. The zero-order valence-corrected chi connectivity index (χ0v) is 18.3. The lowest BCUT2D eigenvalue weighted by Crippen LogP contribution is -2.22. The van der Waals surface area contributed by atoms with Crippen molar-refractivity contribution in [3.8, 4) is 34.5 Å². The maximum absolute atomic E-state index is 12.7. The maximum atomic E-state index is 12.7. The summed E-state index contributed by atoms with van der Waals surface area (Å²) in [5.41, 5.74) is 2.21. The first-order valence-corrected chi connectivity index (χ1v) is 10.3. The molecule has 0 fully saturated rings. The zero-order chi connectivity index (χ0) is 23.0. The smallest absolute Gasteiger partial charge is 0.251 e. The van der Waals surface area contributed by atoms with E-state index in [0.29, 0.717) is 35.1 Å². The number of carbonyl (C=O) groups excluding carboxylic acids is 1. The Bertz CT molecular complexity index is 1230. The van der Waals surface area contributed by atoms with Crippen molar-refractivity contribution in [1.82, 2.24) is 15.3 Å². The van der Waals surface area contributed by atoms with Crippen molar-refractivity contribution in [1.29, 1.82) is 0 Å². The molecule has 1 amide bonds. The van der Waals surface area contributed by atoms with Gasteiger partial charge in [-0.05, 0) is 54.1 Å². The van der Waals surface area contributed by atoms with Crippen LogP contribution in [0, 0.1) is 0 Å². The van der Waals surface area contributed by atoms with E-state index in [0.717, 1.165) is 17.1 Å². The van der Waals surface area contributed by atoms with Gasteiger partial charge in [0.1, 0.15) is 17.2 Å². The van der Waals surface area contributed by atoms with Crippen molar-refractivity contribution < 1.29 is 19.0 Å². The van der Waals surface area contributed by atoms with Crippen LogP contribution in [0.15, 0.2) is 85.1 Å². The number of benzene rings is 3. The number of hydrogen-bond donors (Lipinski definition) is 1. The van der Waals surface area contributed by atoms with E-state index in [1.165, 1.54) is 0 Å². The number of aromatic nitrogens is 2. The first kappa shape index (κ1) is 21.8. The minimum absolute atomic E-state index is 0.182. The van der Waals surface area contributed by atoms with E-state index in [1.807, 2.05) is 42.5 Å². The van der Waals surface area contributed by atoms with Gasteiger partial charge in [-0.3, -0.25) is 4.79 Å².